The summed E-state index contributed by atoms with van der Waals surface area (Å²) in [6.45, 7) is 8.51. The van der Waals surface area contributed by atoms with Crippen LogP contribution in [0.5, 0.6) is 0 Å². The van der Waals surface area contributed by atoms with Crippen LogP contribution in [0.3, 0.4) is 0 Å². The van der Waals surface area contributed by atoms with Gasteiger partial charge in [0.15, 0.2) is 0 Å². The Morgan fingerprint density at radius 1 is 1.18 bits per heavy atom. The van der Waals surface area contributed by atoms with Gasteiger partial charge in [-0.2, -0.15) is 0 Å². The molecule has 1 heterocycles. The molecule has 1 heteroatoms. The van der Waals surface area contributed by atoms with Crippen molar-refractivity contribution in [1.29, 1.82) is 0 Å². The summed E-state index contributed by atoms with van der Waals surface area (Å²) in [5.41, 5.74) is 0. The predicted molar refractivity (Wildman–Crippen MR) is 49.2 cm³/mol. The molecule has 0 bridgehead atoms. The van der Waals surface area contributed by atoms with Crippen LogP contribution in [0.2, 0.25) is 0 Å². The molecule has 0 aromatic rings. The topological polar surface area (TPSA) is 0 Å². The maximum absolute atomic E-state index is 2.41. The van der Waals surface area contributed by atoms with E-state index in [4.69, 9.17) is 0 Å². The van der Waals surface area contributed by atoms with Crippen molar-refractivity contribution in [2.45, 2.75) is 33.1 Å². The maximum atomic E-state index is 2.41. The van der Waals surface area contributed by atoms with Crippen molar-refractivity contribution in [3.8, 4) is 0 Å². The molecular weight excluding hydrogens is 134 g/mol. The SMILES string of the molecule is CCC=C[N+]1(CC)CCCC1. The van der Waals surface area contributed by atoms with Gasteiger partial charge in [-0.3, -0.25) is 4.48 Å². The third-order valence-electron chi connectivity index (χ3n) is 2.74. The summed E-state index contributed by atoms with van der Waals surface area (Å²) in [6.07, 6.45) is 8.74. The van der Waals surface area contributed by atoms with E-state index >= 15 is 0 Å². The van der Waals surface area contributed by atoms with E-state index in [0.717, 1.165) is 0 Å². The second-order valence-electron chi connectivity index (χ2n) is 3.48. The number of likely N-dealkylation sites (tertiary alicyclic amines) is 1. The Balaban J connectivity index is 2.52. The van der Waals surface area contributed by atoms with Crippen molar-refractivity contribution in [3.63, 3.8) is 0 Å². The van der Waals surface area contributed by atoms with Crippen LogP contribution >= 0.6 is 0 Å². The van der Waals surface area contributed by atoms with Gasteiger partial charge in [-0.05, 0) is 19.4 Å². The zero-order valence-corrected chi connectivity index (χ0v) is 7.84. The second kappa shape index (κ2) is 3.91. The lowest BCUT2D eigenvalue weighted by atomic mass is 10.4. The average molecular weight is 154 g/mol. The molecule has 0 aromatic carbocycles. The predicted octanol–water partition coefficient (Wildman–Crippen LogP) is 2.54. The number of allylic oxidation sites excluding steroid dienone is 1. The van der Waals surface area contributed by atoms with Gasteiger partial charge in [0, 0.05) is 12.8 Å². The largest absolute Gasteiger partial charge is 0.298 e. The van der Waals surface area contributed by atoms with Gasteiger partial charge < -0.3 is 0 Å². The molecule has 1 saturated heterocycles. The number of hydrogen-bond donors (Lipinski definition) is 0. The molecule has 0 aliphatic carbocycles. The van der Waals surface area contributed by atoms with Gasteiger partial charge in [0.2, 0.25) is 0 Å². The van der Waals surface area contributed by atoms with Gasteiger partial charge in [0.25, 0.3) is 0 Å². The molecular formula is C10H20N+. The molecule has 0 spiro atoms. The summed E-state index contributed by atoms with van der Waals surface area (Å²) < 4.78 is 1.24. The van der Waals surface area contributed by atoms with E-state index in [1.807, 2.05) is 0 Å². The molecule has 1 aliphatic rings. The van der Waals surface area contributed by atoms with E-state index < -0.39 is 0 Å². The number of rotatable bonds is 3. The van der Waals surface area contributed by atoms with Crippen LogP contribution in [0.25, 0.3) is 0 Å². The Morgan fingerprint density at radius 2 is 1.82 bits per heavy atom. The van der Waals surface area contributed by atoms with E-state index in [0.29, 0.717) is 0 Å². The smallest absolute Gasteiger partial charge is 0.0917 e. The zero-order valence-electron chi connectivity index (χ0n) is 7.84. The van der Waals surface area contributed by atoms with Crippen LogP contribution in [0, 0.1) is 0 Å². The quantitative estimate of drug-likeness (QED) is 0.548. The average Bonchev–Trinajstić information content (AvgIpc) is 2.50. The van der Waals surface area contributed by atoms with Crippen molar-refractivity contribution < 1.29 is 4.48 Å². The highest BCUT2D eigenvalue weighted by molar-refractivity contribution is 4.74. The summed E-state index contributed by atoms with van der Waals surface area (Å²) in [5.74, 6) is 0. The van der Waals surface area contributed by atoms with E-state index in [1.165, 1.54) is 43.4 Å². The molecule has 1 rings (SSSR count). The van der Waals surface area contributed by atoms with Gasteiger partial charge in [0.05, 0.1) is 25.8 Å². The first-order valence-corrected chi connectivity index (χ1v) is 4.86. The highest BCUT2D eigenvalue weighted by atomic mass is 15.3. The molecule has 0 N–H and O–H groups in total. The Bertz CT molecular complexity index is 132. The Hall–Kier alpha value is -0.300. The van der Waals surface area contributed by atoms with Crippen LogP contribution in [0.15, 0.2) is 12.3 Å². The first kappa shape index (κ1) is 8.79. The molecule has 1 nitrogen and oxygen atoms in total. The molecule has 0 radical (unpaired) electrons. The second-order valence-corrected chi connectivity index (χ2v) is 3.48. The molecule has 1 aliphatic heterocycles. The summed E-state index contributed by atoms with van der Waals surface area (Å²) >= 11 is 0. The number of nitrogens with zero attached hydrogens (tertiary/aromatic N) is 1. The van der Waals surface area contributed by atoms with Crippen LogP contribution in [0.4, 0.5) is 0 Å². The van der Waals surface area contributed by atoms with Crippen molar-refractivity contribution in [1.82, 2.24) is 0 Å². The minimum atomic E-state index is 1.18. The summed E-state index contributed by atoms with van der Waals surface area (Å²) in [5, 5.41) is 0. The third kappa shape index (κ3) is 2.06. The summed E-state index contributed by atoms with van der Waals surface area (Å²) in [6, 6.07) is 0. The Kier molecular flexibility index (Phi) is 3.13. The first-order chi connectivity index (χ1) is 5.33. The molecule has 1 fully saturated rings. The highest BCUT2D eigenvalue weighted by Crippen LogP contribution is 2.19. The molecule has 0 saturated carbocycles. The molecule has 11 heavy (non-hydrogen) atoms. The fraction of sp³-hybridized carbons (Fsp3) is 0.800. The van der Waals surface area contributed by atoms with Crippen molar-refractivity contribution >= 4 is 0 Å². The van der Waals surface area contributed by atoms with Gasteiger partial charge >= 0.3 is 0 Å². The van der Waals surface area contributed by atoms with Crippen LogP contribution in [-0.4, -0.2) is 24.1 Å². The fourth-order valence-electron chi connectivity index (χ4n) is 1.86. The monoisotopic (exact) mass is 154 g/mol. The van der Waals surface area contributed by atoms with E-state index in [1.54, 1.807) is 0 Å². The lowest BCUT2D eigenvalue weighted by molar-refractivity contribution is -0.865. The van der Waals surface area contributed by atoms with E-state index in [-0.39, 0.29) is 0 Å². The van der Waals surface area contributed by atoms with Crippen molar-refractivity contribution in [2.24, 2.45) is 0 Å². The van der Waals surface area contributed by atoms with Gasteiger partial charge in [-0.15, -0.1) is 0 Å². The zero-order chi connectivity index (χ0) is 8.16. The van der Waals surface area contributed by atoms with Crippen molar-refractivity contribution in [3.05, 3.63) is 12.3 Å². The Labute approximate surface area is 70.3 Å². The van der Waals surface area contributed by atoms with E-state index in [9.17, 15) is 0 Å². The minimum Gasteiger partial charge on any atom is -0.298 e. The fourth-order valence-corrected chi connectivity index (χ4v) is 1.86. The number of hydrogen-bond acceptors (Lipinski definition) is 0. The van der Waals surface area contributed by atoms with Crippen LogP contribution < -0.4 is 0 Å². The molecule has 0 aromatic heterocycles. The lowest BCUT2D eigenvalue weighted by Gasteiger charge is -2.28. The first-order valence-electron chi connectivity index (χ1n) is 4.86. The van der Waals surface area contributed by atoms with Gasteiger partial charge in [0.1, 0.15) is 0 Å². The highest BCUT2D eigenvalue weighted by Gasteiger charge is 2.26. The van der Waals surface area contributed by atoms with Crippen LogP contribution in [-0.2, 0) is 0 Å². The normalized spacial score (nSPS) is 23.1. The minimum absolute atomic E-state index is 1.18. The third-order valence-corrected chi connectivity index (χ3v) is 2.74. The lowest BCUT2D eigenvalue weighted by Crippen LogP contribution is -2.39. The standard InChI is InChI=1S/C10H20N/c1-3-5-8-11(4-2)9-6-7-10-11/h5,8H,3-4,6-7,9-10H2,1-2H3/q+1. The summed E-state index contributed by atoms with van der Waals surface area (Å²) in [7, 11) is 0. The maximum Gasteiger partial charge on any atom is 0.0917 e. The molecule has 0 atom stereocenters. The van der Waals surface area contributed by atoms with Gasteiger partial charge in [-0.25, -0.2) is 0 Å². The molecule has 64 valence electrons. The van der Waals surface area contributed by atoms with Crippen molar-refractivity contribution in [2.75, 3.05) is 19.6 Å². The molecule has 0 unspecified atom stereocenters. The Morgan fingerprint density at radius 3 is 2.27 bits per heavy atom. The number of quaternary nitrogens is 1. The van der Waals surface area contributed by atoms with Gasteiger partial charge in [-0.1, -0.05) is 6.92 Å². The molecule has 0 amide bonds. The van der Waals surface area contributed by atoms with Crippen LogP contribution in [0.1, 0.15) is 33.1 Å². The van der Waals surface area contributed by atoms with E-state index in [2.05, 4.69) is 26.1 Å². The summed E-state index contributed by atoms with van der Waals surface area (Å²) in [4.78, 5) is 0.